The summed E-state index contributed by atoms with van der Waals surface area (Å²) < 4.78 is 5.90. The number of carbonyl (C=O) groups excluding carboxylic acids is 2. The van der Waals surface area contributed by atoms with Crippen LogP contribution in [-0.4, -0.2) is 28.6 Å². The largest absolute Gasteiger partial charge is 0.457 e. The molecule has 0 aliphatic heterocycles. The summed E-state index contributed by atoms with van der Waals surface area (Å²) in [6.07, 6.45) is -0.134. The summed E-state index contributed by atoms with van der Waals surface area (Å²) in [7, 11) is 0. The van der Waals surface area contributed by atoms with E-state index in [9.17, 15) is 14.4 Å². The highest BCUT2D eigenvalue weighted by atomic mass is 79.9. The Morgan fingerprint density at radius 3 is 2.44 bits per heavy atom. The SMILES string of the molecule is O=C(Cc1n[nH]c(=O)c2ccccc12)OCC(=O)c1ccc(Br)cc1. The maximum absolute atomic E-state index is 12.0. The molecule has 1 heterocycles. The summed E-state index contributed by atoms with van der Waals surface area (Å²) in [5, 5.41) is 7.31. The number of esters is 1. The Morgan fingerprint density at radius 2 is 1.72 bits per heavy atom. The normalized spacial score (nSPS) is 10.6. The van der Waals surface area contributed by atoms with E-state index in [2.05, 4.69) is 26.1 Å². The van der Waals surface area contributed by atoms with Crippen LogP contribution >= 0.6 is 15.9 Å². The number of Topliss-reactive ketones (excluding diaryl/α,β-unsaturated/α-hetero) is 1. The molecule has 0 spiro atoms. The second kappa shape index (κ2) is 7.40. The number of carbonyl (C=O) groups is 2. The van der Waals surface area contributed by atoms with E-state index in [1.54, 1.807) is 48.5 Å². The van der Waals surface area contributed by atoms with Gasteiger partial charge in [-0.1, -0.05) is 46.3 Å². The van der Waals surface area contributed by atoms with E-state index in [-0.39, 0.29) is 24.4 Å². The Bertz CT molecular complexity index is 996. The van der Waals surface area contributed by atoms with Gasteiger partial charge in [-0.05, 0) is 18.2 Å². The number of hydrogen-bond donors (Lipinski definition) is 1. The van der Waals surface area contributed by atoms with Gasteiger partial charge in [0.25, 0.3) is 5.56 Å². The molecule has 25 heavy (non-hydrogen) atoms. The third kappa shape index (κ3) is 4.00. The number of nitrogens with one attached hydrogen (secondary N) is 1. The Kier molecular flexibility index (Phi) is 5.04. The predicted octanol–water partition coefficient (Wildman–Crippen LogP) is 2.65. The third-order valence-electron chi connectivity index (χ3n) is 3.62. The Labute approximate surface area is 151 Å². The highest BCUT2D eigenvalue weighted by Crippen LogP contribution is 2.14. The Morgan fingerprint density at radius 1 is 1.04 bits per heavy atom. The van der Waals surface area contributed by atoms with Crippen LogP contribution in [0, 0.1) is 0 Å². The van der Waals surface area contributed by atoms with Gasteiger partial charge in [-0.3, -0.25) is 14.4 Å². The van der Waals surface area contributed by atoms with Gasteiger partial charge in [0.1, 0.15) is 0 Å². The Balaban J connectivity index is 1.67. The average Bonchev–Trinajstić information content (AvgIpc) is 2.63. The van der Waals surface area contributed by atoms with Crippen LogP contribution in [0.2, 0.25) is 0 Å². The molecular weight excluding hydrogens is 388 g/mol. The van der Waals surface area contributed by atoms with Gasteiger partial charge in [0.05, 0.1) is 17.5 Å². The van der Waals surface area contributed by atoms with Crippen molar-refractivity contribution in [1.82, 2.24) is 10.2 Å². The molecule has 0 bridgehead atoms. The van der Waals surface area contributed by atoms with Crippen LogP contribution in [0.5, 0.6) is 0 Å². The fourth-order valence-corrected chi connectivity index (χ4v) is 2.62. The van der Waals surface area contributed by atoms with Crippen LogP contribution in [0.25, 0.3) is 10.8 Å². The van der Waals surface area contributed by atoms with Gasteiger partial charge >= 0.3 is 5.97 Å². The van der Waals surface area contributed by atoms with E-state index < -0.39 is 5.97 Å². The van der Waals surface area contributed by atoms with Gasteiger partial charge < -0.3 is 4.74 Å². The van der Waals surface area contributed by atoms with Crippen molar-refractivity contribution in [2.45, 2.75) is 6.42 Å². The first-order valence-corrected chi connectivity index (χ1v) is 8.24. The number of hydrogen-bond acceptors (Lipinski definition) is 5. The molecule has 1 aromatic heterocycles. The number of aromatic amines is 1. The van der Waals surface area contributed by atoms with Crippen LogP contribution in [0.3, 0.4) is 0 Å². The first kappa shape index (κ1) is 17.0. The molecule has 2 aromatic carbocycles. The minimum absolute atomic E-state index is 0.134. The van der Waals surface area contributed by atoms with E-state index in [0.717, 1.165) is 4.47 Å². The van der Waals surface area contributed by atoms with E-state index in [4.69, 9.17) is 4.74 Å². The molecular formula is C18H13BrN2O4. The second-order valence-electron chi connectivity index (χ2n) is 5.31. The fraction of sp³-hybridized carbons (Fsp3) is 0.111. The lowest BCUT2D eigenvalue weighted by atomic mass is 10.1. The van der Waals surface area contributed by atoms with Crippen LogP contribution in [-0.2, 0) is 16.0 Å². The first-order valence-electron chi connectivity index (χ1n) is 7.45. The molecule has 0 fully saturated rings. The van der Waals surface area contributed by atoms with Gasteiger partial charge in [-0.15, -0.1) is 0 Å². The quantitative estimate of drug-likeness (QED) is 0.525. The van der Waals surface area contributed by atoms with Crippen molar-refractivity contribution in [1.29, 1.82) is 0 Å². The van der Waals surface area contributed by atoms with Crippen LogP contribution in [0.4, 0.5) is 0 Å². The first-order chi connectivity index (χ1) is 12.0. The number of fused-ring (bicyclic) bond motifs is 1. The summed E-state index contributed by atoms with van der Waals surface area (Å²) >= 11 is 3.29. The molecule has 0 aliphatic carbocycles. The van der Waals surface area contributed by atoms with E-state index in [0.29, 0.717) is 22.0 Å². The number of rotatable bonds is 5. The summed E-state index contributed by atoms with van der Waals surface area (Å²) in [4.78, 5) is 35.8. The molecule has 6 nitrogen and oxygen atoms in total. The number of H-pyrrole nitrogens is 1. The molecule has 0 saturated heterocycles. The van der Waals surface area contributed by atoms with Crippen molar-refractivity contribution < 1.29 is 14.3 Å². The standard InChI is InChI=1S/C18H13BrN2O4/c19-12-7-5-11(6-8-12)16(22)10-25-17(23)9-15-13-3-1-2-4-14(13)18(24)21-20-15/h1-8H,9-10H2,(H,21,24). The summed E-state index contributed by atoms with van der Waals surface area (Å²) in [5.74, 6) is -0.879. The summed E-state index contributed by atoms with van der Waals surface area (Å²) in [5.41, 5.74) is 0.540. The summed E-state index contributed by atoms with van der Waals surface area (Å²) in [6, 6.07) is 13.6. The van der Waals surface area contributed by atoms with Crippen molar-refractivity contribution in [3.05, 3.63) is 74.6 Å². The lowest BCUT2D eigenvalue weighted by molar-refractivity contribution is -0.141. The van der Waals surface area contributed by atoms with Crippen molar-refractivity contribution >= 4 is 38.5 Å². The lowest BCUT2D eigenvalue weighted by Crippen LogP contribution is -2.18. The van der Waals surface area contributed by atoms with Crippen LogP contribution in [0.15, 0.2) is 57.8 Å². The topological polar surface area (TPSA) is 89.1 Å². The molecule has 1 N–H and O–H groups in total. The van der Waals surface area contributed by atoms with Crippen molar-refractivity contribution in [2.24, 2.45) is 0 Å². The zero-order valence-corrected chi connectivity index (χ0v) is 14.6. The highest BCUT2D eigenvalue weighted by Gasteiger charge is 2.14. The molecule has 3 rings (SSSR count). The minimum atomic E-state index is -0.588. The van der Waals surface area contributed by atoms with Crippen molar-refractivity contribution in [3.63, 3.8) is 0 Å². The minimum Gasteiger partial charge on any atom is -0.457 e. The average molecular weight is 401 g/mol. The highest BCUT2D eigenvalue weighted by molar-refractivity contribution is 9.10. The lowest BCUT2D eigenvalue weighted by Gasteiger charge is -2.06. The second-order valence-corrected chi connectivity index (χ2v) is 6.23. The zero-order chi connectivity index (χ0) is 17.8. The molecule has 0 saturated carbocycles. The maximum atomic E-state index is 12.0. The van der Waals surface area contributed by atoms with Gasteiger partial charge in [-0.2, -0.15) is 5.10 Å². The number of benzene rings is 2. The molecule has 0 aliphatic rings. The smallest absolute Gasteiger partial charge is 0.312 e. The maximum Gasteiger partial charge on any atom is 0.312 e. The zero-order valence-electron chi connectivity index (χ0n) is 13.0. The molecule has 126 valence electrons. The molecule has 0 radical (unpaired) electrons. The van der Waals surface area contributed by atoms with Gasteiger partial charge in [0, 0.05) is 15.4 Å². The third-order valence-corrected chi connectivity index (χ3v) is 4.15. The van der Waals surface area contributed by atoms with Crippen molar-refractivity contribution in [3.8, 4) is 0 Å². The molecule has 3 aromatic rings. The monoisotopic (exact) mass is 400 g/mol. The number of aromatic nitrogens is 2. The predicted molar refractivity (Wildman–Crippen MR) is 95.5 cm³/mol. The molecule has 0 amide bonds. The number of ether oxygens (including phenoxy) is 1. The number of halogens is 1. The van der Waals surface area contributed by atoms with Crippen LogP contribution < -0.4 is 5.56 Å². The number of ketones is 1. The van der Waals surface area contributed by atoms with Gasteiger partial charge in [-0.25, -0.2) is 5.10 Å². The van der Waals surface area contributed by atoms with Crippen LogP contribution in [0.1, 0.15) is 16.1 Å². The molecule has 0 atom stereocenters. The number of nitrogens with zero attached hydrogens (tertiary/aromatic N) is 1. The van der Waals surface area contributed by atoms with E-state index in [1.807, 2.05) is 0 Å². The molecule has 7 heteroatoms. The van der Waals surface area contributed by atoms with E-state index in [1.165, 1.54) is 0 Å². The van der Waals surface area contributed by atoms with Crippen molar-refractivity contribution in [2.75, 3.05) is 6.61 Å². The van der Waals surface area contributed by atoms with E-state index >= 15 is 0 Å². The summed E-state index contributed by atoms with van der Waals surface area (Å²) in [6.45, 7) is -0.345. The molecule has 0 unspecified atom stereocenters. The van der Waals surface area contributed by atoms with Gasteiger partial charge in [0.15, 0.2) is 12.4 Å². The van der Waals surface area contributed by atoms with Gasteiger partial charge in [0.2, 0.25) is 0 Å². The fourth-order valence-electron chi connectivity index (χ4n) is 2.36. The Hall–Kier alpha value is -2.80.